The molecule has 1 aromatic rings. The quantitative estimate of drug-likeness (QED) is 0.463. The van der Waals surface area contributed by atoms with Crippen molar-refractivity contribution in [1.29, 1.82) is 0 Å². The molecule has 1 unspecified atom stereocenters. The number of esters is 1. The zero-order valence-electron chi connectivity index (χ0n) is 9.84. The van der Waals surface area contributed by atoms with Gasteiger partial charge in [0.05, 0.1) is 12.0 Å². The predicted octanol–water partition coefficient (Wildman–Crippen LogP) is 0.692. The second kappa shape index (κ2) is 5.28. The van der Waals surface area contributed by atoms with Crippen molar-refractivity contribution in [3.63, 3.8) is 0 Å². The normalized spacial score (nSPS) is 11.9. The summed E-state index contributed by atoms with van der Waals surface area (Å²) in [5.74, 6) is -0.415. The van der Waals surface area contributed by atoms with E-state index >= 15 is 0 Å². The molecule has 0 bridgehead atoms. The van der Waals surface area contributed by atoms with Crippen LogP contribution >= 0.6 is 0 Å². The van der Waals surface area contributed by atoms with Crippen LogP contribution in [0.3, 0.4) is 0 Å². The fourth-order valence-electron chi connectivity index (χ4n) is 1.35. The van der Waals surface area contributed by atoms with Crippen LogP contribution in [0.1, 0.15) is 13.3 Å². The van der Waals surface area contributed by atoms with Gasteiger partial charge >= 0.3 is 11.7 Å². The van der Waals surface area contributed by atoms with E-state index in [2.05, 4.69) is 15.2 Å². The summed E-state index contributed by atoms with van der Waals surface area (Å²) in [6.07, 6.45) is 1.72. The number of rotatable bonds is 5. The van der Waals surface area contributed by atoms with Crippen molar-refractivity contribution in [2.75, 3.05) is 12.4 Å². The highest BCUT2D eigenvalue weighted by molar-refractivity contribution is 5.79. The molecule has 0 amide bonds. The molecule has 0 aliphatic heterocycles. The van der Waals surface area contributed by atoms with Gasteiger partial charge in [0.1, 0.15) is 12.2 Å². The highest BCUT2D eigenvalue weighted by Gasteiger charge is 2.24. The van der Waals surface area contributed by atoms with Crippen molar-refractivity contribution >= 4 is 17.5 Å². The van der Waals surface area contributed by atoms with Crippen LogP contribution < -0.4 is 5.32 Å². The van der Waals surface area contributed by atoms with Gasteiger partial charge in [0, 0.05) is 7.05 Å². The highest BCUT2D eigenvalue weighted by Crippen LogP contribution is 2.22. The second-order valence-electron chi connectivity index (χ2n) is 3.42. The van der Waals surface area contributed by atoms with Gasteiger partial charge in [-0.3, -0.25) is 14.8 Å². The third-order valence-electron chi connectivity index (χ3n) is 2.21. The van der Waals surface area contributed by atoms with Crippen LogP contribution in [0.4, 0.5) is 11.5 Å². The Bertz CT molecular complexity index is 429. The molecule has 0 radical (unpaired) electrons. The Balaban J connectivity index is 2.93. The molecule has 0 aliphatic rings. The summed E-state index contributed by atoms with van der Waals surface area (Å²) >= 11 is 0. The number of nitrogens with zero attached hydrogens (tertiary/aromatic N) is 3. The SMILES string of the molecule is CCC(Nc1nn(C)cc1[N+](=O)[O-])C(=O)OC. The number of carbonyl (C=O) groups excluding carboxylic acids is 1. The van der Waals surface area contributed by atoms with Gasteiger partial charge in [-0.2, -0.15) is 0 Å². The Labute approximate surface area is 97.7 Å². The zero-order valence-corrected chi connectivity index (χ0v) is 9.84. The lowest BCUT2D eigenvalue weighted by molar-refractivity contribution is -0.384. The van der Waals surface area contributed by atoms with Crippen molar-refractivity contribution in [2.24, 2.45) is 7.05 Å². The van der Waals surface area contributed by atoms with E-state index in [1.807, 2.05) is 0 Å². The maximum Gasteiger partial charge on any atom is 0.330 e. The lowest BCUT2D eigenvalue weighted by Crippen LogP contribution is -2.30. The molecule has 0 aliphatic carbocycles. The van der Waals surface area contributed by atoms with Crippen LogP contribution in [0.2, 0.25) is 0 Å². The molecular weight excluding hydrogens is 228 g/mol. The van der Waals surface area contributed by atoms with Gasteiger partial charge < -0.3 is 10.1 Å². The first-order valence-corrected chi connectivity index (χ1v) is 5.02. The summed E-state index contributed by atoms with van der Waals surface area (Å²) in [5.41, 5.74) is -0.171. The van der Waals surface area contributed by atoms with Crippen LogP contribution in [0, 0.1) is 10.1 Å². The molecule has 0 saturated carbocycles. The zero-order chi connectivity index (χ0) is 13.0. The molecule has 0 spiro atoms. The minimum absolute atomic E-state index is 0.0646. The number of carbonyl (C=O) groups is 1. The molecule has 1 N–H and O–H groups in total. The van der Waals surface area contributed by atoms with E-state index in [1.165, 1.54) is 18.0 Å². The largest absolute Gasteiger partial charge is 0.467 e. The second-order valence-corrected chi connectivity index (χ2v) is 3.42. The van der Waals surface area contributed by atoms with Gasteiger partial charge in [-0.15, -0.1) is 5.10 Å². The van der Waals surface area contributed by atoms with E-state index < -0.39 is 16.9 Å². The fraction of sp³-hybridized carbons (Fsp3) is 0.556. The Morgan fingerprint density at radius 3 is 2.88 bits per heavy atom. The van der Waals surface area contributed by atoms with E-state index in [1.54, 1.807) is 14.0 Å². The highest BCUT2D eigenvalue weighted by atomic mass is 16.6. The number of ether oxygens (including phenoxy) is 1. The molecule has 8 nitrogen and oxygen atoms in total. The summed E-state index contributed by atoms with van der Waals surface area (Å²) in [7, 11) is 2.83. The Kier molecular flexibility index (Phi) is 4.02. The third-order valence-corrected chi connectivity index (χ3v) is 2.21. The van der Waals surface area contributed by atoms with Crippen molar-refractivity contribution in [3.8, 4) is 0 Å². The molecule has 17 heavy (non-hydrogen) atoms. The standard InChI is InChI=1S/C9H14N4O4/c1-4-6(9(14)17-3)10-8-7(13(15)16)5-12(2)11-8/h5-6H,4H2,1-3H3,(H,10,11). The van der Waals surface area contributed by atoms with Gasteiger partial charge in [0.15, 0.2) is 0 Å². The number of aryl methyl sites for hydroxylation is 1. The first-order chi connectivity index (χ1) is 7.99. The monoisotopic (exact) mass is 242 g/mol. The van der Waals surface area contributed by atoms with Gasteiger partial charge in [-0.25, -0.2) is 4.79 Å². The molecule has 1 rings (SSSR count). The average molecular weight is 242 g/mol. The molecule has 94 valence electrons. The van der Waals surface area contributed by atoms with Crippen LogP contribution in [0.25, 0.3) is 0 Å². The van der Waals surface area contributed by atoms with E-state index in [9.17, 15) is 14.9 Å². The molecule has 1 atom stereocenters. The predicted molar refractivity (Wildman–Crippen MR) is 59.6 cm³/mol. The van der Waals surface area contributed by atoms with Gasteiger partial charge in [0.2, 0.25) is 5.82 Å². The van der Waals surface area contributed by atoms with Crippen LogP contribution in [-0.4, -0.2) is 33.8 Å². The summed E-state index contributed by atoms with van der Waals surface area (Å²) in [6.45, 7) is 1.77. The first kappa shape index (κ1) is 12.9. The average Bonchev–Trinajstić information content (AvgIpc) is 2.66. The number of hydrogen-bond donors (Lipinski definition) is 1. The molecule has 1 aromatic heterocycles. The topological polar surface area (TPSA) is 99.3 Å². The fourth-order valence-corrected chi connectivity index (χ4v) is 1.35. The number of hydrogen-bond acceptors (Lipinski definition) is 6. The number of nitrogens with one attached hydrogen (secondary N) is 1. The van der Waals surface area contributed by atoms with Crippen LogP contribution in [-0.2, 0) is 16.6 Å². The smallest absolute Gasteiger partial charge is 0.330 e. The number of methoxy groups -OCH3 is 1. The Morgan fingerprint density at radius 2 is 2.41 bits per heavy atom. The maximum atomic E-state index is 11.3. The molecule has 0 fully saturated rings. The van der Waals surface area contributed by atoms with E-state index in [-0.39, 0.29) is 11.5 Å². The molecular formula is C9H14N4O4. The minimum Gasteiger partial charge on any atom is -0.467 e. The maximum absolute atomic E-state index is 11.3. The lowest BCUT2D eigenvalue weighted by Gasteiger charge is -2.12. The third kappa shape index (κ3) is 2.92. The molecule has 0 aromatic carbocycles. The summed E-state index contributed by atoms with van der Waals surface area (Å²) in [4.78, 5) is 21.5. The Hall–Kier alpha value is -2.12. The molecule has 8 heteroatoms. The van der Waals surface area contributed by atoms with Gasteiger partial charge in [-0.1, -0.05) is 6.92 Å². The lowest BCUT2D eigenvalue weighted by atomic mass is 10.2. The molecule has 0 saturated heterocycles. The van der Waals surface area contributed by atoms with Crippen molar-refractivity contribution in [3.05, 3.63) is 16.3 Å². The number of nitro groups is 1. The van der Waals surface area contributed by atoms with Gasteiger partial charge in [-0.05, 0) is 6.42 Å². The van der Waals surface area contributed by atoms with Crippen molar-refractivity contribution in [2.45, 2.75) is 19.4 Å². The number of aromatic nitrogens is 2. The van der Waals surface area contributed by atoms with E-state index in [0.29, 0.717) is 6.42 Å². The summed E-state index contributed by atoms with van der Waals surface area (Å²) in [5, 5.41) is 17.3. The first-order valence-electron chi connectivity index (χ1n) is 5.02. The van der Waals surface area contributed by atoms with Crippen LogP contribution in [0.15, 0.2) is 6.20 Å². The van der Waals surface area contributed by atoms with Crippen molar-refractivity contribution < 1.29 is 14.5 Å². The number of anilines is 1. The van der Waals surface area contributed by atoms with Crippen molar-refractivity contribution in [1.82, 2.24) is 9.78 Å². The Morgan fingerprint density at radius 1 is 1.76 bits per heavy atom. The van der Waals surface area contributed by atoms with E-state index in [0.717, 1.165) is 0 Å². The van der Waals surface area contributed by atoms with Crippen LogP contribution in [0.5, 0.6) is 0 Å². The van der Waals surface area contributed by atoms with E-state index in [4.69, 9.17) is 0 Å². The van der Waals surface area contributed by atoms with Gasteiger partial charge in [0.25, 0.3) is 0 Å². The summed E-state index contributed by atoms with van der Waals surface area (Å²) in [6, 6.07) is -0.645. The summed E-state index contributed by atoms with van der Waals surface area (Å²) < 4.78 is 5.89. The molecule has 1 heterocycles. The minimum atomic E-state index is -0.645.